The molecule has 0 aliphatic heterocycles. The summed E-state index contributed by atoms with van der Waals surface area (Å²) in [5.41, 5.74) is 0. The predicted octanol–water partition coefficient (Wildman–Crippen LogP) is 2.94. The van der Waals surface area contributed by atoms with E-state index in [1.807, 2.05) is 0 Å². The topological polar surface area (TPSA) is 24.5 Å². The van der Waals surface area contributed by atoms with Crippen molar-refractivity contribution in [2.75, 3.05) is 20.3 Å². The summed E-state index contributed by atoms with van der Waals surface area (Å²) in [6.45, 7) is 6.04. The zero-order chi connectivity index (χ0) is 13.4. The van der Waals surface area contributed by atoms with Crippen molar-refractivity contribution in [1.29, 1.82) is 0 Å². The molecule has 1 aliphatic carbocycles. The molecular weight excluding hydrogens is 244 g/mol. The van der Waals surface area contributed by atoms with Crippen molar-refractivity contribution in [2.45, 2.75) is 64.5 Å². The molecule has 0 radical (unpaired) electrons. The van der Waals surface area contributed by atoms with Gasteiger partial charge >= 0.3 is 0 Å². The Kier molecular flexibility index (Phi) is 7.59. The molecule has 106 valence electrons. The lowest BCUT2D eigenvalue weighted by molar-refractivity contribution is 0.161. The van der Waals surface area contributed by atoms with E-state index in [0.29, 0.717) is 12.1 Å². The molecule has 0 heterocycles. The van der Waals surface area contributed by atoms with Crippen LogP contribution in [0.25, 0.3) is 0 Å². The molecule has 1 fully saturated rings. The van der Waals surface area contributed by atoms with Crippen molar-refractivity contribution in [3.63, 3.8) is 0 Å². The monoisotopic (exact) mass is 272 g/mol. The highest BCUT2D eigenvalue weighted by molar-refractivity contribution is 7.80. The second-order valence-corrected chi connectivity index (χ2v) is 5.61. The van der Waals surface area contributed by atoms with Gasteiger partial charge in [-0.1, -0.05) is 26.2 Å². The van der Waals surface area contributed by atoms with Crippen LogP contribution in [0.4, 0.5) is 0 Å². The predicted molar refractivity (Wildman–Crippen MR) is 80.9 cm³/mol. The fraction of sp³-hybridized carbons (Fsp3) is 0.929. The van der Waals surface area contributed by atoms with Gasteiger partial charge in [-0.25, -0.2) is 0 Å². The normalized spacial score (nSPS) is 18.4. The van der Waals surface area contributed by atoms with E-state index in [0.717, 1.165) is 24.7 Å². The van der Waals surface area contributed by atoms with Gasteiger partial charge in [0.25, 0.3) is 0 Å². The molecule has 1 rings (SSSR count). The third-order valence-electron chi connectivity index (χ3n) is 3.85. The third-order valence-corrected chi connectivity index (χ3v) is 4.21. The molecule has 0 aromatic carbocycles. The number of nitrogens with one attached hydrogen (secondary N) is 1. The highest BCUT2D eigenvalue weighted by Gasteiger charge is 2.19. The molecule has 18 heavy (non-hydrogen) atoms. The molecule has 1 saturated carbocycles. The van der Waals surface area contributed by atoms with Gasteiger partial charge in [-0.3, -0.25) is 0 Å². The van der Waals surface area contributed by atoms with Gasteiger partial charge in [0.1, 0.15) is 0 Å². The Bertz CT molecular complexity index is 242. The Hall–Kier alpha value is -0.350. The molecule has 1 aliphatic rings. The molecule has 4 heteroatoms. The minimum atomic E-state index is 0.476. The van der Waals surface area contributed by atoms with Gasteiger partial charge in [-0.2, -0.15) is 0 Å². The third kappa shape index (κ3) is 5.11. The largest absolute Gasteiger partial charge is 0.383 e. The average molecular weight is 272 g/mol. The molecule has 0 bridgehead atoms. The lowest BCUT2D eigenvalue weighted by atomic mass is 9.96. The van der Waals surface area contributed by atoms with E-state index in [9.17, 15) is 0 Å². The van der Waals surface area contributed by atoms with Crippen LogP contribution in [0.15, 0.2) is 0 Å². The van der Waals surface area contributed by atoms with Gasteiger partial charge in [0, 0.05) is 25.7 Å². The van der Waals surface area contributed by atoms with Gasteiger partial charge in [0.05, 0.1) is 6.61 Å². The molecule has 0 aromatic rings. The molecule has 0 spiro atoms. The number of rotatable bonds is 6. The second-order valence-electron chi connectivity index (χ2n) is 5.23. The van der Waals surface area contributed by atoms with Gasteiger partial charge in [-0.15, -0.1) is 0 Å². The van der Waals surface area contributed by atoms with Crippen molar-refractivity contribution in [1.82, 2.24) is 10.2 Å². The van der Waals surface area contributed by atoms with E-state index in [-0.39, 0.29) is 0 Å². The minimum absolute atomic E-state index is 0.476. The SMILES string of the molecule is CCC(C)N(CCOC)C(=S)NC1CCCCC1. The van der Waals surface area contributed by atoms with E-state index in [1.54, 1.807) is 7.11 Å². The fourth-order valence-corrected chi connectivity index (χ4v) is 2.87. The standard InChI is InChI=1S/C14H28N2OS/c1-4-12(2)16(10-11-17-3)14(18)15-13-8-6-5-7-9-13/h12-13H,4-11H2,1-3H3,(H,15,18). The first-order valence-electron chi connectivity index (χ1n) is 7.25. The van der Waals surface area contributed by atoms with Crippen LogP contribution in [0.3, 0.4) is 0 Å². The Labute approximate surface area is 117 Å². The molecule has 1 atom stereocenters. The van der Waals surface area contributed by atoms with Crippen molar-refractivity contribution in [3.05, 3.63) is 0 Å². The highest BCUT2D eigenvalue weighted by Crippen LogP contribution is 2.18. The molecule has 3 nitrogen and oxygen atoms in total. The summed E-state index contributed by atoms with van der Waals surface area (Å²) in [7, 11) is 1.74. The van der Waals surface area contributed by atoms with E-state index >= 15 is 0 Å². The van der Waals surface area contributed by atoms with Crippen molar-refractivity contribution in [3.8, 4) is 0 Å². The summed E-state index contributed by atoms with van der Waals surface area (Å²) in [5.74, 6) is 0. The first-order chi connectivity index (χ1) is 8.69. The average Bonchev–Trinajstić information content (AvgIpc) is 2.40. The fourth-order valence-electron chi connectivity index (χ4n) is 2.44. The van der Waals surface area contributed by atoms with Crippen molar-refractivity contribution >= 4 is 17.3 Å². The maximum absolute atomic E-state index is 5.57. The number of hydrogen-bond donors (Lipinski definition) is 1. The first kappa shape index (κ1) is 15.7. The van der Waals surface area contributed by atoms with Crippen LogP contribution in [0.2, 0.25) is 0 Å². The van der Waals surface area contributed by atoms with E-state index < -0.39 is 0 Å². The highest BCUT2D eigenvalue weighted by atomic mass is 32.1. The van der Waals surface area contributed by atoms with Crippen LogP contribution in [0, 0.1) is 0 Å². The molecule has 1 unspecified atom stereocenters. The summed E-state index contributed by atoms with van der Waals surface area (Å²) in [4.78, 5) is 2.27. The van der Waals surface area contributed by atoms with Crippen LogP contribution >= 0.6 is 12.2 Å². The molecule has 1 N–H and O–H groups in total. The smallest absolute Gasteiger partial charge is 0.169 e. The van der Waals surface area contributed by atoms with Crippen LogP contribution < -0.4 is 5.32 Å². The van der Waals surface area contributed by atoms with Gasteiger partial charge in [0.2, 0.25) is 0 Å². The van der Waals surface area contributed by atoms with Gasteiger partial charge in [0.15, 0.2) is 5.11 Å². The quantitative estimate of drug-likeness (QED) is 0.751. The van der Waals surface area contributed by atoms with Crippen molar-refractivity contribution < 1.29 is 4.74 Å². The van der Waals surface area contributed by atoms with Crippen LogP contribution in [0.5, 0.6) is 0 Å². The second kappa shape index (κ2) is 8.70. The van der Waals surface area contributed by atoms with Crippen LogP contribution in [-0.4, -0.2) is 42.4 Å². The minimum Gasteiger partial charge on any atom is -0.383 e. The lowest BCUT2D eigenvalue weighted by Crippen LogP contribution is -2.49. The Morgan fingerprint density at radius 2 is 2.06 bits per heavy atom. The lowest BCUT2D eigenvalue weighted by Gasteiger charge is -2.34. The first-order valence-corrected chi connectivity index (χ1v) is 7.66. The van der Waals surface area contributed by atoms with Crippen LogP contribution in [0.1, 0.15) is 52.4 Å². The summed E-state index contributed by atoms with van der Waals surface area (Å²) in [6, 6.07) is 1.06. The van der Waals surface area contributed by atoms with Gasteiger partial charge in [-0.05, 0) is 38.4 Å². The number of ether oxygens (including phenoxy) is 1. The maximum atomic E-state index is 5.57. The van der Waals surface area contributed by atoms with E-state index in [4.69, 9.17) is 17.0 Å². The summed E-state index contributed by atoms with van der Waals surface area (Å²) >= 11 is 5.57. The Morgan fingerprint density at radius 1 is 1.39 bits per heavy atom. The zero-order valence-electron chi connectivity index (χ0n) is 12.1. The molecule has 0 aromatic heterocycles. The molecular formula is C14H28N2OS. The summed E-state index contributed by atoms with van der Waals surface area (Å²) in [6.07, 6.45) is 7.68. The van der Waals surface area contributed by atoms with Crippen molar-refractivity contribution in [2.24, 2.45) is 0 Å². The van der Waals surface area contributed by atoms with E-state index in [2.05, 4.69) is 24.1 Å². The number of nitrogens with zero attached hydrogens (tertiary/aromatic N) is 1. The maximum Gasteiger partial charge on any atom is 0.169 e. The van der Waals surface area contributed by atoms with Gasteiger partial charge < -0.3 is 15.0 Å². The molecule has 0 saturated heterocycles. The number of methoxy groups -OCH3 is 1. The Balaban J connectivity index is 2.46. The zero-order valence-corrected chi connectivity index (χ0v) is 12.9. The van der Waals surface area contributed by atoms with E-state index in [1.165, 1.54) is 32.1 Å². The number of hydrogen-bond acceptors (Lipinski definition) is 2. The van der Waals surface area contributed by atoms with Crippen LogP contribution in [-0.2, 0) is 4.74 Å². The molecule has 0 amide bonds. The number of thiocarbonyl (C=S) groups is 1. The summed E-state index contributed by atoms with van der Waals surface area (Å²) in [5, 5.41) is 4.46. The Morgan fingerprint density at radius 3 is 2.61 bits per heavy atom. The summed E-state index contributed by atoms with van der Waals surface area (Å²) < 4.78 is 5.18.